The largest absolute Gasteiger partial charge is 0.356 e. The molecule has 1 aromatic carbocycles. The summed E-state index contributed by atoms with van der Waals surface area (Å²) in [5.41, 5.74) is 5.48. The van der Waals surface area contributed by atoms with Crippen molar-refractivity contribution >= 4 is 17.4 Å². The number of aromatic nitrogens is 4. The molecule has 0 saturated carbocycles. The van der Waals surface area contributed by atoms with Crippen LogP contribution in [0.3, 0.4) is 0 Å². The molecule has 7 heteroatoms. The van der Waals surface area contributed by atoms with Gasteiger partial charge in [-0.1, -0.05) is 24.3 Å². The molecule has 0 spiro atoms. The number of pyridine rings is 1. The van der Waals surface area contributed by atoms with Gasteiger partial charge in [0.2, 0.25) is 0 Å². The normalized spacial score (nSPS) is 18.4. The lowest BCUT2D eigenvalue weighted by molar-refractivity contribution is 0.0606. The van der Waals surface area contributed by atoms with Crippen molar-refractivity contribution in [2.75, 3.05) is 24.5 Å². The van der Waals surface area contributed by atoms with Gasteiger partial charge in [0.25, 0.3) is 5.91 Å². The van der Waals surface area contributed by atoms with Gasteiger partial charge in [-0.3, -0.25) is 9.78 Å². The van der Waals surface area contributed by atoms with E-state index in [1.165, 1.54) is 12.8 Å². The van der Waals surface area contributed by atoms with Crippen LogP contribution < -0.4 is 4.90 Å². The highest BCUT2D eigenvalue weighted by molar-refractivity contribution is 6.01. The molecule has 2 fully saturated rings. The zero-order chi connectivity index (χ0) is 23.8. The molecule has 4 aromatic rings. The van der Waals surface area contributed by atoms with Gasteiger partial charge in [-0.05, 0) is 56.7 Å². The number of aryl methyl sites for hydroxylation is 1. The molecule has 0 bridgehead atoms. The van der Waals surface area contributed by atoms with Crippen molar-refractivity contribution in [3.8, 4) is 11.1 Å². The third-order valence-electron chi connectivity index (χ3n) is 7.26. The average Bonchev–Trinajstić information content (AvgIpc) is 3.58. The molecular formula is C28H30N6O. The second-order valence-corrected chi connectivity index (χ2v) is 9.61. The summed E-state index contributed by atoms with van der Waals surface area (Å²) < 4.78 is 1.88. The van der Waals surface area contributed by atoms with E-state index in [1.807, 2.05) is 52.0 Å². The number of hydrogen-bond acceptors (Lipinski definition) is 5. The van der Waals surface area contributed by atoms with Gasteiger partial charge < -0.3 is 9.80 Å². The molecule has 1 amide bonds. The monoisotopic (exact) mass is 466 g/mol. The van der Waals surface area contributed by atoms with E-state index in [4.69, 9.17) is 10.1 Å². The number of carbonyl (C=O) groups is 1. The van der Waals surface area contributed by atoms with Crippen molar-refractivity contribution in [2.45, 2.75) is 45.1 Å². The lowest BCUT2D eigenvalue weighted by Crippen LogP contribution is -2.39. The average molecular weight is 467 g/mol. The Kier molecular flexibility index (Phi) is 5.68. The highest BCUT2D eigenvalue weighted by atomic mass is 16.2. The maximum absolute atomic E-state index is 13.9. The van der Waals surface area contributed by atoms with Crippen LogP contribution in [0.1, 0.15) is 59.8 Å². The molecule has 5 heterocycles. The highest BCUT2D eigenvalue weighted by Gasteiger charge is 2.32. The zero-order valence-corrected chi connectivity index (χ0v) is 20.1. The smallest absolute Gasteiger partial charge is 0.255 e. The van der Waals surface area contributed by atoms with Gasteiger partial charge in [-0.15, -0.1) is 0 Å². The molecule has 2 saturated heterocycles. The van der Waals surface area contributed by atoms with Crippen LogP contribution in [0.15, 0.2) is 61.1 Å². The predicted octanol–water partition coefficient (Wildman–Crippen LogP) is 5.07. The Morgan fingerprint density at radius 2 is 1.83 bits per heavy atom. The van der Waals surface area contributed by atoms with Crippen molar-refractivity contribution in [1.82, 2.24) is 24.5 Å². The summed E-state index contributed by atoms with van der Waals surface area (Å²) in [6.07, 6.45) is 11.1. The Morgan fingerprint density at radius 1 is 1.00 bits per heavy atom. The minimum Gasteiger partial charge on any atom is -0.356 e. The Hall–Kier alpha value is -3.74. The van der Waals surface area contributed by atoms with Crippen LogP contribution in [-0.4, -0.2) is 50.0 Å². The molecule has 1 atom stereocenters. The van der Waals surface area contributed by atoms with Crippen molar-refractivity contribution in [1.29, 1.82) is 0 Å². The van der Waals surface area contributed by atoms with Gasteiger partial charge in [0.15, 0.2) is 5.65 Å². The second kappa shape index (κ2) is 9.13. The highest BCUT2D eigenvalue weighted by Crippen LogP contribution is 2.34. The number of rotatable bonds is 4. The van der Waals surface area contributed by atoms with E-state index < -0.39 is 0 Å². The fourth-order valence-electron chi connectivity index (χ4n) is 5.51. The molecule has 35 heavy (non-hydrogen) atoms. The maximum Gasteiger partial charge on any atom is 0.255 e. The fraction of sp³-hybridized carbons (Fsp3) is 0.357. The Balaban J connectivity index is 1.35. The van der Waals surface area contributed by atoms with Crippen LogP contribution in [0.2, 0.25) is 0 Å². The molecule has 3 aromatic heterocycles. The number of piperidine rings is 1. The number of likely N-dealkylation sites (tertiary alicyclic amines) is 1. The van der Waals surface area contributed by atoms with E-state index in [2.05, 4.69) is 29.1 Å². The fourth-order valence-corrected chi connectivity index (χ4v) is 5.51. The number of benzene rings is 1. The van der Waals surface area contributed by atoms with Crippen molar-refractivity contribution in [3.05, 3.63) is 77.9 Å². The molecule has 2 aliphatic rings. The van der Waals surface area contributed by atoms with Gasteiger partial charge in [0, 0.05) is 61.0 Å². The number of amides is 1. The van der Waals surface area contributed by atoms with Gasteiger partial charge in [-0.2, -0.15) is 5.10 Å². The zero-order valence-electron chi connectivity index (χ0n) is 20.1. The van der Waals surface area contributed by atoms with Gasteiger partial charge in [-0.25, -0.2) is 9.50 Å². The molecule has 0 unspecified atom stereocenters. The summed E-state index contributed by atoms with van der Waals surface area (Å²) in [6.45, 7) is 4.95. The lowest BCUT2D eigenvalue weighted by Gasteiger charge is -2.35. The summed E-state index contributed by atoms with van der Waals surface area (Å²) in [4.78, 5) is 27.5. The molecular weight excluding hydrogens is 436 g/mol. The van der Waals surface area contributed by atoms with Crippen LogP contribution >= 0.6 is 0 Å². The summed E-state index contributed by atoms with van der Waals surface area (Å²) >= 11 is 0. The summed E-state index contributed by atoms with van der Waals surface area (Å²) in [5.74, 6) is 1.11. The van der Waals surface area contributed by atoms with E-state index in [0.29, 0.717) is 5.56 Å². The number of carbonyl (C=O) groups excluding carboxylic acids is 1. The lowest BCUT2D eigenvalue weighted by atomic mass is 9.95. The first-order valence-corrected chi connectivity index (χ1v) is 12.6. The summed E-state index contributed by atoms with van der Waals surface area (Å²) in [5, 5.41) is 4.90. The first-order chi connectivity index (χ1) is 17.2. The minimum absolute atomic E-state index is 0.0492. The number of nitrogens with zero attached hydrogens (tertiary/aromatic N) is 6. The molecule has 0 aliphatic carbocycles. The topological polar surface area (TPSA) is 66.6 Å². The molecule has 6 rings (SSSR count). The number of fused-ring (bicyclic) bond motifs is 1. The number of hydrogen-bond donors (Lipinski definition) is 0. The Labute approximate surface area is 205 Å². The van der Waals surface area contributed by atoms with E-state index in [0.717, 1.165) is 72.7 Å². The van der Waals surface area contributed by atoms with E-state index in [9.17, 15) is 4.79 Å². The Bertz CT molecular complexity index is 1360. The molecule has 2 aliphatic heterocycles. The Morgan fingerprint density at radius 3 is 2.66 bits per heavy atom. The molecule has 178 valence electrons. The maximum atomic E-state index is 13.9. The third-order valence-corrected chi connectivity index (χ3v) is 7.26. The second-order valence-electron chi connectivity index (χ2n) is 9.61. The summed E-state index contributed by atoms with van der Waals surface area (Å²) in [6, 6.07) is 13.7. The van der Waals surface area contributed by atoms with Crippen LogP contribution in [0.4, 0.5) is 5.82 Å². The van der Waals surface area contributed by atoms with Crippen LogP contribution in [0, 0.1) is 6.92 Å². The van der Waals surface area contributed by atoms with Crippen molar-refractivity contribution < 1.29 is 4.79 Å². The van der Waals surface area contributed by atoms with Crippen molar-refractivity contribution in [2.24, 2.45) is 0 Å². The van der Waals surface area contributed by atoms with Crippen LogP contribution in [0.5, 0.6) is 0 Å². The molecule has 7 nitrogen and oxygen atoms in total. The number of anilines is 1. The van der Waals surface area contributed by atoms with Gasteiger partial charge >= 0.3 is 0 Å². The molecule has 0 N–H and O–H groups in total. The van der Waals surface area contributed by atoms with E-state index in [-0.39, 0.29) is 11.9 Å². The van der Waals surface area contributed by atoms with Crippen LogP contribution in [0.25, 0.3) is 16.8 Å². The van der Waals surface area contributed by atoms with E-state index >= 15 is 0 Å². The standard InChI is InChI=1S/C28H30N6O/c1-20-19-34-26(30-27(20)32-14-6-7-15-32)17-24(31-34)25-12-4-5-16-33(25)28(35)23-11-3-2-10-22(23)21-9-8-13-29-18-21/h2-3,8-11,13,17-19,25H,4-7,12,14-16H2,1H3/t25-/m0/s1. The first kappa shape index (κ1) is 21.8. The van der Waals surface area contributed by atoms with Crippen molar-refractivity contribution in [3.63, 3.8) is 0 Å². The van der Waals surface area contributed by atoms with Gasteiger partial charge in [0.1, 0.15) is 5.82 Å². The summed E-state index contributed by atoms with van der Waals surface area (Å²) in [7, 11) is 0. The quantitative estimate of drug-likeness (QED) is 0.420. The third kappa shape index (κ3) is 4.05. The SMILES string of the molecule is Cc1cn2nc([C@@H]3CCCCN3C(=O)c3ccccc3-c3cccnc3)cc2nc1N1CCCC1. The van der Waals surface area contributed by atoms with Crippen LogP contribution in [-0.2, 0) is 0 Å². The minimum atomic E-state index is -0.0598. The first-order valence-electron chi connectivity index (χ1n) is 12.6. The van der Waals surface area contributed by atoms with Gasteiger partial charge in [0.05, 0.1) is 11.7 Å². The predicted molar refractivity (Wildman–Crippen MR) is 136 cm³/mol. The molecule has 0 radical (unpaired) electrons. The van der Waals surface area contributed by atoms with E-state index in [1.54, 1.807) is 6.20 Å².